The highest BCUT2D eigenvalue weighted by atomic mass is 16.5. The Hall–Kier alpha value is -3.46. The van der Waals surface area contributed by atoms with Crippen LogP contribution in [0.2, 0.25) is 0 Å². The lowest BCUT2D eigenvalue weighted by Gasteiger charge is -2.11. The van der Waals surface area contributed by atoms with Crippen molar-refractivity contribution in [3.8, 4) is 17.6 Å². The predicted octanol–water partition coefficient (Wildman–Crippen LogP) is 3.66. The first kappa shape index (κ1) is 20.8. The Kier molecular flexibility index (Phi) is 8.41. The minimum Gasteiger partial charge on any atom is -0.497 e. The number of anilines is 1. The van der Waals surface area contributed by atoms with E-state index in [-0.39, 0.29) is 5.57 Å². The van der Waals surface area contributed by atoms with Gasteiger partial charge in [-0.25, -0.2) is 0 Å². The molecule has 0 radical (unpaired) electrons. The SMILES string of the molecule is COc1ccc(OC)c(NC(=O)/C(C#N)=C\NCCCCc2ccccc2)c1. The molecule has 2 rings (SSSR count). The zero-order chi connectivity index (χ0) is 20.2. The molecule has 2 aromatic carbocycles. The summed E-state index contributed by atoms with van der Waals surface area (Å²) < 4.78 is 10.4. The molecule has 28 heavy (non-hydrogen) atoms. The molecule has 0 heterocycles. The lowest BCUT2D eigenvalue weighted by Crippen LogP contribution is -2.17. The Bertz CT molecular complexity index is 842. The second-order valence-electron chi connectivity index (χ2n) is 6.09. The van der Waals surface area contributed by atoms with Crippen molar-refractivity contribution in [1.82, 2.24) is 5.32 Å². The molecular formula is C22H25N3O3. The molecule has 0 fully saturated rings. The molecule has 0 unspecified atom stereocenters. The Morgan fingerprint density at radius 2 is 1.89 bits per heavy atom. The van der Waals surface area contributed by atoms with Crippen LogP contribution in [0.1, 0.15) is 18.4 Å². The van der Waals surface area contributed by atoms with Crippen molar-refractivity contribution in [2.45, 2.75) is 19.3 Å². The number of amides is 1. The molecule has 0 aliphatic heterocycles. The molecule has 0 aliphatic carbocycles. The fourth-order valence-electron chi connectivity index (χ4n) is 2.63. The van der Waals surface area contributed by atoms with E-state index in [1.165, 1.54) is 26.0 Å². The van der Waals surface area contributed by atoms with Crippen molar-refractivity contribution < 1.29 is 14.3 Å². The van der Waals surface area contributed by atoms with Crippen LogP contribution < -0.4 is 20.1 Å². The first-order valence-corrected chi connectivity index (χ1v) is 9.09. The van der Waals surface area contributed by atoms with Crippen molar-refractivity contribution >= 4 is 11.6 Å². The van der Waals surface area contributed by atoms with Crippen LogP contribution in [0, 0.1) is 11.3 Å². The second-order valence-corrected chi connectivity index (χ2v) is 6.09. The van der Waals surface area contributed by atoms with Gasteiger partial charge in [-0.1, -0.05) is 30.3 Å². The number of nitrogens with one attached hydrogen (secondary N) is 2. The maximum Gasteiger partial charge on any atom is 0.267 e. The zero-order valence-electron chi connectivity index (χ0n) is 16.2. The van der Waals surface area contributed by atoms with E-state index in [4.69, 9.17) is 9.47 Å². The van der Waals surface area contributed by atoms with Crippen molar-refractivity contribution in [3.05, 3.63) is 65.9 Å². The summed E-state index contributed by atoms with van der Waals surface area (Å²) in [5.74, 6) is 0.557. The fourth-order valence-corrected chi connectivity index (χ4v) is 2.63. The van der Waals surface area contributed by atoms with Gasteiger partial charge in [-0.05, 0) is 37.0 Å². The van der Waals surface area contributed by atoms with Gasteiger partial charge in [0.2, 0.25) is 0 Å². The first-order chi connectivity index (χ1) is 13.7. The maximum atomic E-state index is 12.4. The van der Waals surface area contributed by atoms with Gasteiger partial charge in [-0.15, -0.1) is 0 Å². The van der Waals surface area contributed by atoms with Gasteiger partial charge in [0.25, 0.3) is 5.91 Å². The zero-order valence-corrected chi connectivity index (χ0v) is 16.2. The van der Waals surface area contributed by atoms with E-state index in [2.05, 4.69) is 22.8 Å². The molecule has 0 bridgehead atoms. The van der Waals surface area contributed by atoms with Crippen LogP contribution in [0.4, 0.5) is 5.69 Å². The summed E-state index contributed by atoms with van der Waals surface area (Å²) in [7, 11) is 3.05. The summed E-state index contributed by atoms with van der Waals surface area (Å²) in [4.78, 5) is 12.4. The van der Waals surface area contributed by atoms with Crippen molar-refractivity contribution in [2.24, 2.45) is 0 Å². The Morgan fingerprint density at radius 3 is 2.57 bits per heavy atom. The van der Waals surface area contributed by atoms with E-state index >= 15 is 0 Å². The van der Waals surface area contributed by atoms with Gasteiger partial charge in [-0.3, -0.25) is 4.79 Å². The maximum absolute atomic E-state index is 12.4. The number of aryl methyl sites for hydroxylation is 1. The van der Waals surface area contributed by atoms with Crippen LogP contribution in [0.15, 0.2) is 60.3 Å². The van der Waals surface area contributed by atoms with Gasteiger partial charge < -0.3 is 20.1 Å². The van der Waals surface area contributed by atoms with Crippen molar-refractivity contribution in [1.29, 1.82) is 5.26 Å². The number of nitriles is 1. The highest BCUT2D eigenvalue weighted by Crippen LogP contribution is 2.29. The molecule has 0 spiro atoms. The largest absolute Gasteiger partial charge is 0.497 e. The van der Waals surface area contributed by atoms with Crippen LogP contribution in [0.3, 0.4) is 0 Å². The number of hydrogen-bond acceptors (Lipinski definition) is 5. The number of ether oxygens (including phenoxy) is 2. The third kappa shape index (κ3) is 6.36. The van der Waals surface area contributed by atoms with E-state index in [0.29, 0.717) is 23.7 Å². The summed E-state index contributed by atoms with van der Waals surface area (Å²) in [6.07, 6.45) is 4.42. The lowest BCUT2D eigenvalue weighted by atomic mass is 10.1. The van der Waals surface area contributed by atoms with E-state index in [9.17, 15) is 10.1 Å². The Morgan fingerprint density at radius 1 is 1.11 bits per heavy atom. The standard InChI is InChI=1S/C22H25N3O3/c1-27-19-11-12-21(28-2)20(14-19)25-22(26)18(15-23)16-24-13-7-6-10-17-8-4-3-5-9-17/h3-5,8-9,11-12,14,16,24H,6-7,10,13H2,1-2H3,(H,25,26)/b18-16-. The van der Waals surface area contributed by atoms with Crippen LogP contribution in [0.25, 0.3) is 0 Å². The fraction of sp³-hybridized carbons (Fsp3) is 0.273. The highest BCUT2D eigenvalue weighted by molar-refractivity contribution is 6.07. The average Bonchev–Trinajstić information content (AvgIpc) is 2.73. The molecule has 0 saturated carbocycles. The van der Waals surface area contributed by atoms with Gasteiger partial charge in [0, 0.05) is 18.8 Å². The monoisotopic (exact) mass is 379 g/mol. The molecule has 6 heteroatoms. The summed E-state index contributed by atoms with van der Waals surface area (Å²) in [5.41, 5.74) is 1.74. The van der Waals surface area contributed by atoms with E-state index in [1.54, 1.807) is 18.2 Å². The minimum atomic E-state index is -0.508. The molecule has 0 atom stereocenters. The highest BCUT2D eigenvalue weighted by Gasteiger charge is 2.13. The van der Waals surface area contributed by atoms with Crippen LogP contribution in [-0.2, 0) is 11.2 Å². The Balaban J connectivity index is 1.84. The van der Waals surface area contributed by atoms with Crippen LogP contribution in [-0.4, -0.2) is 26.7 Å². The molecule has 0 saturated heterocycles. The molecule has 0 aromatic heterocycles. The van der Waals surface area contributed by atoms with Gasteiger partial charge in [0.15, 0.2) is 0 Å². The predicted molar refractivity (Wildman–Crippen MR) is 109 cm³/mol. The molecular weight excluding hydrogens is 354 g/mol. The number of rotatable bonds is 10. The molecule has 146 valence electrons. The molecule has 2 aromatic rings. The number of unbranched alkanes of at least 4 members (excludes halogenated alkanes) is 1. The van der Waals surface area contributed by atoms with Gasteiger partial charge >= 0.3 is 0 Å². The van der Waals surface area contributed by atoms with Crippen LogP contribution in [0.5, 0.6) is 11.5 Å². The summed E-state index contributed by atoms with van der Waals surface area (Å²) in [6, 6.07) is 17.3. The average molecular weight is 379 g/mol. The number of carbonyl (C=O) groups is 1. The quantitative estimate of drug-likeness (QED) is 0.374. The summed E-state index contributed by atoms with van der Waals surface area (Å²) in [5, 5.41) is 15.0. The molecule has 1 amide bonds. The van der Waals surface area contributed by atoms with Crippen molar-refractivity contribution in [2.75, 3.05) is 26.1 Å². The topological polar surface area (TPSA) is 83.4 Å². The summed E-state index contributed by atoms with van der Waals surface area (Å²) in [6.45, 7) is 0.688. The lowest BCUT2D eigenvalue weighted by molar-refractivity contribution is -0.112. The second kappa shape index (κ2) is 11.3. The first-order valence-electron chi connectivity index (χ1n) is 9.09. The third-order valence-corrected chi connectivity index (χ3v) is 4.15. The third-order valence-electron chi connectivity index (χ3n) is 4.15. The molecule has 2 N–H and O–H groups in total. The van der Waals surface area contributed by atoms with Crippen molar-refractivity contribution in [3.63, 3.8) is 0 Å². The number of hydrogen-bond donors (Lipinski definition) is 2. The number of nitrogens with zero attached hydrogens (tertiary/aromatic N) is 1. The van der Waals surface area contributed by atoms with Gasteiger partial charge in [0.05, 0.1) is 19.9 Å². The van der Waals surface area contributed by atoms with Gasteiger partial charge in [-0.2, -0.15) is 5.26 Å². The smallest absolute Gasteiger partial charge is 0.267 e. The van der Waals surface area contributed by atoms with Gasteiger partial charge in [0.1, 0.15) is 23.1 Å². The normalized spacial score (nSPS) is 10.7. The van der Waals surface area contributed by atoms with Crippen LogP contribution >= 0.6 is 0 Å². The van der Waals surface area contributed by atoms with E-state index < -0.39 is 5.91 Å². The number of methoxy groups -OCH3 is 2. The van der Waals surface area contributed by atoms with E-state index in [1.807, 2.05) is 24.3 Å². The summed E-state index contributed by atoms with van der Waals surface area (Å²) >= 11 is 0. The molecule has 0 aliphatic rings. The number of benzene rings is 2. The number of carbonyl (C=O) groups excluding carboxylic acids is 1. The Labute approximate surface area is 165 Å². The minimum absolute atomic E-state index is 0.00654. The van der Waals surface area contributed by atoms with E-state index in [0.717, 1.165) is 19.3 Å². The molecule has 6 nitrogen and oxygen atoms in total.